The molecule has 2 aromatic rings. The largest absolute Gasteiger partial charge is 0.658 e. The molecule has 0 amide bonds. The van der Waals surface area contributed by atoms with Gasteiger partial charge in [0.05, 0.1) is 0 Å². The van der Waals surface area contributed by atoms with Crippen LogP contribution in [0, 0.1) is 0 Å². The van der Waals surface area contributed by atoms with Gasteiger partial charge in [-0.2, -0.15) is 0 Å². The van der Waals surface area contributed by atoms with Crippen LogP contribution in [0.5, 0.6) is 0 Å². The summed E-state index contributed by atoms with van der Waals surface area (Å²) in [6.45, 7) is 0. The van der Waals surface area contributed by atoms with Crippen molar-refractivity contribution in [1.82, 2.24) is 0 Å². The smallest absolute Gasteiger partial charge is 0 e. The first-order chi connectivity index (χ1) is 6.45. The minimum absolute atomic E-state index is 0. The molecule has 0 unspecified atom stereocenters. The summed E-state index contributed by atoms with van der Waals surface area (Å²) >= 11 is 0. The zero-order chi connectivity index (χ0) is 8.93. The summed E-state index contributed by atoms with van der Waals surface area (Å²) in [6, 6.07) is 19.9. The predicted molar refractivity (Wildman–Crippen MR) is 77.3 cm³/mol. The van der Waals surface area contributed by atoms with E-state index in [4.69, 9.17) is 0 Å². The molecular weight excluding hydrogens is 312 g/mol. The minimum Gasteiger partial charge on any atom is -0.658 e. The van der Waals surface area contributed by atoms with Crippen molar-refractivity contribution in [2.75, 3.05) is 0 Å². The Morgan fingerprint density at radius 3 is 1.12 bits per heavy atom. The van der Waals surface area contributed by atoms with Gasteiger partial charge in [-0.1, -0.05) is 60.7 Å². The molecule has 92 valence electrons. The van der Waals surface area contributed by atoms with Crippen molar-refractivity contribution in [1.29, 1.82) is 0 Å². The molecule has 0 fully saturated rings. The molecule has 0 aromatic heterocycles. The van der Waals surface area contributed by atoms with E-state index in [0.717, 1.165) is 11.4 Å². The van der Waals surface area contributed by atoms with Crippen LogP contribution < -0.4 is 0 Å². The SMILES string of the molecule is Cl.Cl.Cl.[Ti].c1ccc([N-]c2ccccc2)cc1. The van der Waals surface area contributed by atoms with Gasteiger partial charge in [0.25, 0.3) is 0 Å². The van der Waals surface area contributed by atoms with Gasteiger partial charge in [-0.05, 0) is 0 Å². The van der Waals surface area contributed by atoms with Gasteiger partial charge < -0.3 is 5.32 Å². The van der Waals surface area contributed by atoms with Crippen molar-refractivity contribution in [3.8, 4) is 0 Å². The molecule has 1 nitrogen and oxygen atoms in total. The van der Waals surface area contributed by atoms with Gasteiger partial charge in [-0.3, -0.25) is 0 Å². The van der Waals surface area contributed by atoms with Crippen LogP contribution in [0.2, 0.25) is 0 Å². The number of rotatable bonds is 2. The third kappa shape index (κ3) is 7.70. The van der Waals surface area contributed by atoms with Gasteiger partial charge >= 0.3 is 0 Å². The quantitative estimate of drug-likeness (QED) is 0.666. The van der Waals surface area contributed by atoms with Crippen molar-refractivity contribution < 1.29 is 21.7 Å². The predicted octanol–water partition coefficient (Wildman–Crippen LogP) is 5.29. The third-order valence-electron chi connectivity index (χ3n) is 1.77. The fourth-order valence-electron chi connectivity index (χ4n) is 1.15. The molecule has 2 rings (SSSR count). The Labute approximate surface area is 136 Å². The van der Waals surface area contributed by atoms with Gasteiger partial charge in [-0.25, -0.2) is 0 Å². The molecule has 0 radical (unpaired) electrons. The Bertz CT molecular complexity index is 333. The molecule has 0 saturated carbocycles. The van der Waals surface area contributed by atoms with Gasteiger partial charge in [0.15, 0.2) is 0 Å². The van der Waals surface area contributed by atoms with E-state index in [0.29, 0.717) is 0 Å². The first-order valence-electron chi connectivity index (χ1n) is 4.27. The normalized spacial score (nSPS) is 7.29. The summed E-state index contributed by atoms with van der Waals surface area (Å²) in [5.41, 5.74) is 1.99. The van der Waals surface area contributed by atoms with E-state index in [1.165, 1.54) is 0 Å². The van der Waals surface area contributed by atoms with Gasteiger partial charge in [0, 0.05) is 21.7 Å². The standard InChI is InChI=1S/C12H10N.3ClH.Ti/c1-3-7-11(8-4-1)13-12-9-5-2-6-10-12;;;;/h1-10H;3*1H;/q-1;;;;. The summed E-state index contributed by atoms with van der Waals surface area (Å²) in [7, 11) is 0. The van der Waals surface area contributed by atoms with Gasteiger partial charge in [0.1, 0.15) is 0 Å². The number of nitrogens with zero attached hydrogens (tertiary/aromatic N) is 1. The molecule has 0 spiro atoms. The topological polar surface area (TPSA) is 14.1 Å². The van der Waals surface area contributed by atoms with Crippen LogP contribution in [-0.2, 0) is 21.7 Å². The second-order valence-corrected chi connectivity index (χ2v) is 2.78. The zero-order valence-corrected chi connectivity index (χ0v) is 13.0. The van der Waals surface area contributed by atoms with Crippen LogP contribution in [0.25, 0.3) is 5.32 Å². The maximum Gasteiger partial charge on any atom is 0 e. The molecular formula is C12H13Cl3NTi-. The Hall–Kier alpha value is -0.176. The summed E-state index contributed by atoms with van der Waals surface area (Å²) in [6.07, 6.45) is 0. The van der Waals surface area contributed by atoms with Crippen LogP contribution in [0.15, 0.2) is 60.7 Å². The monoisotopic (exact) mass is 324 g/mol. The van der Waals surface area contributed by atoms with Gasteiger partial charge in [0.2, 0.25) is 0 Å². The van der Waals surface area contributed by atoms with Crippen LogP contribution in [-0.4, -0.2) is 0 Å². The second kappa shape index (κ2) is 12.3. The van der Waals surface area contributed by atoms with Crippen molar-refractivity contribution in [3.63, 3.8) is 0 Å². The van der Waals surface area contributed by atoms with Crippen LogP contribution in [0.1, 0.15) is 0 Å². The molecule has 0 aliphatic rings. The number of benzene rings is 2. The average molecular weight is 325 g/mol. The molecule has 0 aliphatic heterocycles. The van der Waals surface area contributed by atoms with Crippen molar-refractivity contribution in [3.05, 3.63) is 66.0 Å². The molecule has 0 bridgehead atoms. The Morgan fingerprint density at radius 1 is 0.529 bits per heavy atom. The molecule has 2 aromatic carbocycles. The maximum atomic E-state index is 4.44. The van der Waals surface area contributed by atoms with Crippen molar-refractivity contribution in [2.24, 2.45) is 0 Å². The second-order valence-electron chi connectivity index (χ2n) is 2.78. The van der Waals surface area contributed by atoms with Crippen LogP contribution in [0.3, 0.4) is 0 Å². The summed E-state index contributed by atoms with van der Waals surface area (Å²) < 4.78 is 0. The number of hydrogen-bond donors (Lipinski definition) is 0. The Balaban J connectivity index is -0.000000490. The maximum absolute atomic E-state index is 4.44. The van der Waals surface area contributed by atoms with Gasteiger partial charge in [-0.15, -0.1) is 48.6 Å². The van der Waals surface area contributed by atoms with E-state index in [1.807, 2.05) is 60.7 Å². The summed E-state index contributed by atoms with van der Waals surface area (Å²) in [5.74, 6) is 0. The van der Waals surface area contributed by atoms with Crippen molar-refractivity contribution in [2.45, 2.75) is 0 Å². The minimum atomic E-state index is 0. The summed E-state index contributed by atoms with van der Waals surface area (Å²) in [4.78, 5) is 0. The van der Waals surface area contributed by atoms with E-state index in [1.54, 1.807) is 0 Å². The molecule has 0 saturated heterocycles. The van der Waals surface area contributed by atoms with Crippen LogP contribution >= 0.6 is 37.2 Å². The fraction of sp³-hybridized carbons (Fsp3) is 0. The molecule has 0 atom stereocenters. The Kier molecular flexibility index (Phi) is 15.9. The van der Waals surface area contributed by atoms with E-state index < -0.39 is 0 Å². The number of hydrogen-bond acceptors (Lipinski definition) is 0. The number of halogens is 3. The van der Waals surface area contributed by atoms with E-state index in [-0.39, 0.29) is 58.9 Å². The van der Waals surface area contributed by atoms with E-state index in [9.17, 15) is 0 Å². The first-order valence-corrected chi connectivity index (χ1v) is 4.27. The molecule has 0 aliphatic carbocycles. The van der Waals surface area contributed by atoms with Crippen molar-refractivity contribution >= 4 is 48.6 Å². The molecule has 0 N–H and O–H groups in total. The molecule has 17 heavy (non-hydrogen) atoms. The zero-order valence-electron chi connectivity index (χ0n) is 8.95. The average Bonchev–Trinajstić information content (AvgIpc) is 2.21. The summed E-state index contributed by atoms with van der Waals surface area (Å²) in [5, 5.41) is 4.44. The molecule has 5 heteroatoms. The van der Waals surface area contributed by atoms with E-state index in [2.05, 4.69) is 5.32 Å². The van der Waals surface area contributed by atoms with E-state index >= 15 is 0 Å². The third-order valence-corrected chi connectivity index (χ3v) is 1.77. The number of para-hydroxylation sites is 2. The molecule has 0 heterocycles. The fourth-order valence-corrected chi connectivity index (χ4v) is 1.15. The Morgan fingerprint density at radius 2 is 0.824 bits per heavy atom. The van der Waals surface area contributed by atoms with Crippen LogP contribution in [0.4, 0.5) is 11.4 Å². The first kappa shape index (κ1) is 22.0.